The van der Waals surface area contributed by atoms with Crippen LogP contribution in [-0.2, 0) is 6.54 Å². The molecule has 82 valence electrons. The van der Waals surface area contributed by atoms with Gasteiger partial charge in [0.05, 0.1) is 0 Å². The molecule has 0 fully saturated rings. The zero-order valence-corrected chi connectivity index (χ0v) is 9.61. The molecule has 0 aliphatic heterocycles. The van der Waals surface area contributed by atoms with Crippen LogP contribution in [0.3, 0.4) is 0 Å². The molecule has 0 aliphatic rings. The van der Waals surface area contributed by atoms with Crippen LogP contribution in [0, 0.1) is 0 Å². The predicted molar refractivity (Wildman–Crippen MR) is 62.8 cm³/mol. The van der Waals surface area contributed by atoms with Crippen molar-refractivity contribution in [2.75, 3.05) is 0 Å². The summed E-state index contributed by atoms with van der Waals surface area (Å²) in [5, 5.41) is 0.556. The number of aromatic nitrogens is 2. The number of hydrogen-bond acceptors (Lipinski definition) is 2. The number of halogens is 1. The lowest BCUT2D eigenvalue weighted by Crippen LogP contribution is -2.10. The Morgan fingerprint density at radius 2 is 2.31 bits per heavy atom. The molecule has 0 atom stereocenters. The Bertz CT molecular complexity index is 519. The van der Waals surface area contributed by atoms with E-state index in [1.165, 1.54) is 0 Å². The van der Waals surface area contributed by atoms with E-state index in [1.807, 2.05) is 11.5 Å². The predicted octanol–water partition coefficient (Wildman–Crippen LogP) is 2.79. The number of ketones is 1. The van der Waals surface area contributed by atoms with E-state index in [4.69, 9.17) is 11.6 Å². The third-order valence-electron chi connectivity index (χ3n) is 2.35. The molecule has 4 heteroatoms. The Kier molecular flexibility index (Phi) is 3.06. The summed E-state index contributed by atoms with van der Waals surface area (Å²) in [6, 6.07) is 6.89. The molecule has 0 amide bonds. The molecular formula is C12H11ClN2O. The maximum Gasteiger partial charge on any atom is 0.228 e. The van der Waals surface area contributed by atoms with Crippen LogP contribution in [-0.4, -0.2) is 15.3 Å². The fraction of sp³-hybridized carbons (Fsp3) is 0.167. The lowest BCUT2D eigenvalue weighted by Gasteiger charge is -2.03. The summed E-state index contributed by atoms with van der Waals surface area (Å²) in [6.07, 6.45) is 3.42. The molecular weight excluding hydrogens is 224 g/mol. The normalized spacial score (nSPS) is 10.4. The summed E-state index contributed by atoms with van der Waals surface area (Å²) in [7, 11) is 0. The second-order valence-corrected chi connectivity index (χ2v) is 3.81. The van der Waals surface area contributed by atoms with Gasteiger partial charge in [-0.25, -0.2) is 4.98 Å². The number of nitrogens with zero attached hydrogens (tertiary/aromatic N) is 2. The molecule has 3 nitrogen and oxygen atoms in total. The molecule has 2 aromatic rings. The van der Waals surface area contributed by atoms with E-state index in [0.29, 0.717) is 16.4 Å². The van der Waals surface area contributed by atoms with Gasteiger partial charge >= 0.3 is 0 Å². The van der Waals surface area contributed by atoms with E-state index in [0.717, 1.165) is 6.54 Å². The minimum atomic E-state index is -0.102. The number of imidazole rings is 1. The van der Waals surface area contributed by atoms with Crippen molar-refractivity contribution in [1.29, 1.82) is 0 Å². The minimum absolute atomic E-state index is 0.102. The number of aryl methyl sites for hydroxylation is 1. The van der Waals surface area contributed by atoms with Crippen LogP contribution >= 0.6 is 11.6 Å². The summed E-state index contributed by atoms with van der Waals surface area (Å²) < 4.78 is 1.81. The SMILES string of the molecule is CCn1ccnc1C(=O)c1cccc(Cl)c1. The first-order valence-electron chi connectivity index (χ1n) is 5.03. The van der Waals surface area contributed by atoms with Crippen LogP contribution in [0.15, 0.2) is 36.7 Å². The first-order chi connectivity index (χ1) is 7.72. The van der Waals surface area contributed by atoms with Gasteiger partial charge in [-0.2, -0.15) is 0 Å². The van der Waals surface area contributed by atoms with Gasteiger partial charge in [-0.05, 0) is 19.1 Å². The highest BCUT2D eigenvalue weighted by atomic mass is 35.5. The molecule has 0 bridgehead atoms. The van der Waals surface area contributed by atoms with Crippen molar-refractivity contribution in [2.24, 2.45) is 0 Å². The van der Waals surface area contributed by atoms with Gasteiger partial charge in [-0.15, -0.1) is 0 Å². The molecule has 0 saturated heterocycles. The van der Waals surface area contributed by atoms with Crippen LogP contribution in [0.5, 0.6) is 0 Å². The number of carbonyl (C=O) groups excluding carboxylic acids is 1. The molecule has 1 aromatic heterocycles. The third kappa shape index (κ3) is 1.99. The van der Waals surface area contributed by atoms with Crippen LogP contribution in [0.1, 0.15) is 23.1 Å². The van der Waals surface area contributed by atoms with Gasteiger partial charge in [0.15, 0.2) is 5.82 Å². The van der Waals surface area contributed by atoms with E-state index >= 15 is 0 Å². The Labute approximate surface area is 98.7 Å². The van der Waals surface area contributed by atoms with Gasteiger partial charge in [0.1, 0.15) is 0 Å². The van der Waals surface area contributed by atoms with Gasteiger partial charge in [0, 0.05) is 29.5 Å². The highest BCUT2D eigenvalue weighted by Gasteiger charge is 2.14. The first kappa shape index (κ1) is 10.9. The number of carbonyl (C=O) groups is 1. The summed E-state index contributed by atoms with van der Waals surface area (Å²) in [5.41, 5.74) is 0.563. The summed E-state index contributed by atoms with van der Waals surface area (Å²) in [4.78, 5) is 16.2. The number of hydrogen-bond donors (Lipinski definition) is 0. The highest BCUT2D eigenvalue weighted by molar-refractivity contribution is 6.31. The Balaban J connectivity index is 2.39. The molecule has 1 heterocycles. The molecule has 0 aliphatic carbocycles. The lowest BCUT2D eigenvalue weighted by atomic mass is 10.1. The minimum Gasteiger partial charge on any atom is -0.328 e. The molecule has 0 N–H and O–H groups in total. The zero-order valence-electron chi connectivity index (χ0n) is 8.85. The van der Waals surface area contributed by atoms with Crippen molar-refractivity contribution < 1.29 is 4.79 Å². The molecule has 16 heavy (non-hydrogen) atoms. The zero-order chi connectivity index (χ0) is 11.5. The van der Waals surface area contributed by atoms with Gasteiger partial charge in [-0.1, -0.05) is 23.7 Å². The monoisotopic (exact) mass is 234 g/mol. The standard InChI is InChI=1S/C12H11ClN2O/c1-2-15-7-6-14-12(15)11(16)9-4-3-5-10(13)8-9/h3-8H,2H2,1H3. The van der Waals surface area contributed by atoms with Crippen molar-refractivity contribution in [3.63, 3.8) is 0 Å². The third-order valence-corrected chi connectivity index (χ3v) is 2.58. The lowest BCUT2D eigenvalue weighted by molar-refractivity contribution is 0.102. The Morgan fingerprint density at radius 3 is 3.00 bits per heavy atom. The maximum atomic E-state index is 12.1. The summed E-state index contributed by atoms with van der Waals surface area (Å²) in [5.74, 6) is 0.346. The topological polar surface area (TPSA) is 34.9 Å². The first-order valence-corrected chi connectivity index (χ1v) is 5.41. The van der Waals surface area contributed by atoms with Crippen molar-refractivity contribution in [3.05, 3.63) is 53.1 Å². The molecule has 0 radical (unpaired) electrons. The van der Waals surface area contributed by atoms with Crippen LogP contribution in [0.25, 0.3) is 0 Å². The van der Waals surface area contributed by atoms with E-state index in [9.17, 15) is 4.79 Å². The summed E-state index contributed by atoms with van der Waals surface area (Å²) in [6.45, 7) is 2.69. The maximum absolute atomic E-state index is 12.1. The van der Waals surface area contributed by atoms with Crippen molar-refractivity contribution in [2.45, 2.75) is 13.5 Å². The van der Waals surface area contributed by atoms with Gasteiger partial charge in [-0.3, -0.25) is 4.79 Å². The smallest absolute Gasteiger partial charge is 0.228 e. The van der Waals surface area contributed by atoms with Gasteiger partial charge < -0.3 is 4.57 Å². The number of rotatable bonds is 3. The molecule has 0 unspecified atom stereocenters. The molecule has 0 saturated carbocycles. The van der Waals surface area contributed by atoms with E-state index in [1.54, 1.807) is 36.7 Å². The van der Waals surface area contributed by atoms with E-state index in [-0.39, 0.29) is 5.78 Å². The van der Waals surface area contributed by atoms with Crippen LogP contribution in [0.4, 0.5) is 0 Å². The van der Waals surface area contributed by atoms with Gasteiger partial charge in [0.25, 0.3) is 0 Å². The largest absolute Gasteiger partial charge is 0.328 e. The van der Waals surface area contributed by atoms with Crippen LogP contribution in [0.2, 0.25) is 5.02 Å². The second kappa shape index (κ2) is 4.49. The average molecular weight is 235 g/mol. The molecule has 2 rings (SSSR count). The fourth-order valence-corrected chi connectivity index (χ4v) is 1.72. The van der Waals surface area contributed by atoms with Crippen molar-refractivity contribution in [3.8, 4) is 0 Å². The molecule has 1 aromatic carbocycles. The van der Waals surface area contributed by atoms with Crippen molar-refractivity contribution >= 4 is 17.4 Å². The average Bonchev–Trinajstić information content (AvgIpc) is 2.76. The van der Waals surface area contributed by atoms with Crippen molar-refractivity contribution in [1.82, 2.24) is 9.55 Å². The Hall–Kier alpha value is -1.61. The Morgan fingerprint density at radius 1 is 1.50 bits per heavy atom. The molecule has 0 spiro atoms. The van der Waals surface area contributed by atoms with E-state index < -0.39 is 0 Å². The van der Waals surface area contributed by atoms with E-state index in [2.05, 4.69) is 4.98 Å². The second-order valence-electron chi connectivity index (χ2n) is 3.38. The summed E-state index contributed by atoms with van der Waals surface area (Å²) >= 11 is 5.84. The number of benzene rings is 1. The van der Waals surface area contributed by atoms with Gasteiger partial charge in [0.2, 0.25) is 5.78 Å². The fourth-order valence-electron chi connectivity index (χ4n) is 1.53. The van der Waals surface area contributed by atoms with Crippen LogP contribution < -0.4 is 0 Å². The highest BCUT2D eigenvalue weighted by Crippen LogP contribution is 2.14. The quantitative estimate of drug-likeness (QED) is 0.766.